The molecular formula is C22H20ClN3O2S. The third kappa shape index (κ3) is 4.49. The van der Waals surface area contributed by atoms with Crippen LogP contribution in [0.1, 0.15) is 17.0 Å². The molecule has 1 atom stereocenters. The van der Waals surface area contributed by atoms with Crippen molar-refractivity contribution in [3.8, 4) is 11.3 Å². The molecule has 4 rings (SSSR count). The number of aryl methyl sites for hydroxylation is 1. The van der Waals surface area contributed by atoms with Gasteiger partial charge in [-0.25, -0.2) is 4.98 Å². The molecule has 1 fully saturated rings. The highest BCUT2D eigenvalue weighted by Crippen LogP contribution is 2.26. The van der Waals surface area contributed by atoms with Crippen molar-refractivity contribution in [1.82, 2.24) is 9.88 Å². The number of amides is 2. The molecule has 0 bridgehead atoms. The highest BCUT2D eigenvalue weighted by Gasteiger charge is 2.34. The number of benzene rings is 2. The Kier molecular flexibility index (Phi) is 5.65. The largest absolute Gasteiger partial charge is 0.337 e. The Morgan fingerprint density at radius 2 is 2.00 bits per heavy atom. The van der Waals surface area contributed by atoms with Gasteiger partial charge in [0.25, 0.3) is 0 Å². The lowest BCUT2D eigenvalue weighted by Crippen LogP contribution is -2.28. The van der Waals surface area contributed by atoms with E-state index in [9.17, 15) is 9.59 Å². The van der Waals surface area contributed by atoms with E-state index in [2.05, 4.69) is 10.3 Å². The van der Waals surface area contributed by atoms with E-state index in [1.54, 1.807) is 22.3 Å². The van der Waals surface area contributed by atoms with Crippen LogP contribution in [0.15, 0.2) is 53.9 Å². The highest BCUT2D eigenvalue weighted by atomic mass is 35.5. The van der Waals surface area contributed by atoms with Crippen molar-refractivity contribution in [3.05, 3.63) is 69.5 Å². The molecule has 1 N–H and O–H groups in total. The van der Waals surface area contributed by atoms with Crippen LogP contribution < -0.4 is 5.32 Å². The zero-order valence-electron chi connectivity index (χ0n) is 15.9. The van der Waals surface area contributed by atoms with Crippen LogP contribution >= 0.6 is 22.9 Å². The van der Waals surface area contributed by atoms with Gasteiger partial charge in [-0.2, -0.15) is 0 Å². The number of likely N-dealkylation sites (tertiary alicyclic amines) is 1. The van der Waals surface area contributed by atoms with E-state index in [0.29, 0.717) is 23.8 Å². The summed E-state index contributed by atoms with van der Waals surface area (Å²) < 4.78 is 0. The van der Waals surface area contributed by atoms with E-state index in [0.717, 1.165) is 21.8 Å². The number of hydrogen-bond acceptors (Lipinski definition) is 4. The Hall–Kier alpha value is -2.70. The summed E-state index contributed by atoms with van der Waals surface area (Å²) in [5, 5.41) is 6.58. The number of aromatic nitrogens is 1. The molecule has 29 heavy (non-hydrogen) atoms. The molecule has 1 aliphatic rings. The fourth-order valence-corrected chi connectivity index (χ4v) is 4.22. The Balaban J connectivity index is 1.37. The molecule has 1 aromatic heterocycles. The number of carbonyl (C=O) groups is 2. The summed E-state index contributed by atoms with van der Waals surface area (Å²) in [5.41, 5.74) is 3.54. The molecular weight excluding hydrogens is 406 g/mol. The first-order valence-electron chi connectivity index (χ1n) is 9.34. The van der Waals surface area contributed by atoms with Crippen molar-refractivity contribution < 1.29 is 9.59 Å². The van der Waals surface area contributed by atoms with Gasteiger partial charge < -0.3 is 10.2 Å². The Bertz CT molecular complexity index is 1050. The van der Waals surface area contributed by atoms with Crippen LogP contribution in [0.5, 0.6) is 0 Å². The zero-order valence-corrected chi connectivity index (χ0v) is 17.5. The highest BCUT2D eigenvalue weighted by molar-refractivity contribution is 7.09. The van der Waals surface area contributed by atoms with Crippen molar-refractivity contribution in [2.75, 3.05) is 11.9 Å². The number of halogens is 1. The number of hydrogen-bond donors (Lipinski definition) is 1. The smallest absolute Gasteiger partial charge is 0.229 e. The van der Waals surface area contributed by atoms with Gasteiger partial charge in [0.15, 0.2) is 0 Å². The summed E-state index contributed by atoms with van der Waals surface area (Å²) in [4.78, 5) is 31.2. The molecule has 1 saturated heterocycles. The number of rotatable bonds is 5. The molecule has 0 saturated carbocycles. The van der Waals surface area contributed by atoms with Crippen LogP contribution in [-0.2, 0) is 16.1 Å². The van der Waals surface area contributed by atoms with Gasteiger partial charge in [0.05, 0.1) is 16.6 Å². The number of carbonyl (C=O) groups excluding carboxylic acids is 2. The third-order valence-corrected chi connectivity index (χ3v) is 6.11. The molecule has 1 aliphatic heterocycles. The number of nitrogens with one attached hydrogen (secondary N) is 1. The lowest BCUT2D eigenvalue weighted by atomic mass is 10.1. The monoisotopic (exact) mass is 425 g/mol. The maximum Gasteiger partial charge on any atom is 0.229 e. The van der Waals surface area contributed by atoms with Crippen LogP contribution in [0.3, 0.4) is 0 Å². The van der Waals surface area contributed by atoms with E-state index >= 15 is 0 Å². The Morgan fingerprint density at radius 1 is 1.24 bits per heavy atom. The van der Waals surface area contributed by atoms with E-state index in [1.807, 2.05) is 54.8 Å². The predicted octanol–water partition coefficient (Wildman–Crippen LogP) is 4.76. The zero-order chi connectivity index (χ0) is 20.4. The van der Waals surface area contributed by atoms with Crippen molar-refractivity contribution in [2.24, 2.45) is 5.92 Å². The van der Waals surface area contributed by atoms with Gasteiger partial charge in [-0.1, -0.05) is 41.9 Å². The fourth-order valence-electron chi connectivity index (χ4n) is 3.40. The maximum atomic E-state index is 12.7. The molecule has 2 heterocycles. The lowest BCUT2D eigenvalue weighted by molar-refractivity contribution is -0.128. The standard InChI is InChI=1S/C22H20ClN3O2S/c1-14-24-20(13-29-14)15-6-8-18(9-7-15)25-22(28)17-10-21(27)26(12-17)11-16-4-2-3-5-19(16)23/h2-9,13,17H,10-12H2,1H3,(H,25,28)/t17-/m0/s1. The molecule has 0 spiro atoms. The predicted molar refractivity (Wildman–Crippen MR) is 116 cm³/mol. The lowest BCUT2D eigenvalue weighted by Gasteiger charge is -2.17. The molecule has 2 amide bonds. The SMILES string of the molecule is Cc1nc(-c2ccc(NC(=O)[C@H]3CC(=O)N(Cc4ccccc4Cl)C3)cc2)cs1. The summed E-state index contributed by atoms with van der Waals surface area (Å²) >= 11 is 7.80. The Labute approximate surface area is 178 Å². The molecule has 148 valence electrons. The van der Waals surface area contributed by atoms with Gasteiger partial charge in [0, 0.05) is 41.2 Å². The van der Waals surface area contributed by atoms with Gasteiger partial charge in [-0.05, 0) is 30.7 Å². The first-order chi connectivity index (χ1) is 14.0. The average Bonchev–Trinajstić information content (AvgIpc) is 3.30. The summed E-state index contributed by atoms with van der Waals surface area (Å²) in [5.74, 6) is -0.539. The second kappa shape index (κ2) is 8.35. The van der Waals surface area contributed by atoms with Crippen molar-refractivity contribution >= 4 is 40.4 Å². The van der Waals surface area contributed by atoms with Gasteiger partial charge in [0.1, 0.15) is 0 Å². The maximum absolute atomic E-state index is 12.7. The second-order valence-corrected chi connectivity index (χ2v) is 8.55. The van der Waals surface area contributed by atoms with Gasteiger partial charge in [-0.3, -0.25) is 9.59 Å². The number of thiazole rings is 1. The topological polar surface area (TPSA) is 62.3 Å². The van der Waals surface area contributed by atoms with Crippen LogP contribution in [-0.4, -0.2) is 28.2 Å². The first kappa shape index (κ1) is 19.6. The minimum Gasteiger partial charge on any atom is -0.337 e. The van der Waals surface area contributed by atoms with Crippen LogP contribution in [0, 0.1) is 12.8 Å². The minimum atomic E-state index is -0.370. The molecule has 0 unspecified atom stereocenters. The van der Waals surface area contributed by atoms with Crippen molar-refractivity contribution in [1.29, 1.82) is 0 Å². The quantitative estimate of drug-likeness (QED) is 0.641. The Morgan fingerprint density at radius 3 is 2.69 bits per heavy atom. The molecule has 3 aromatic rings. The van der Waals surface area contributed by atoms with Gasteiger partial charge in [-0.15, -0.1) is 11.3 Å². The first-order valence-corrected chi connectivity index (χ1v) is 10.6. The van der Waals surface area contributed by atoms with E-state index < -0.39 is 0 Å². The molecule has 0 radical (unpaired) electrons. The summed E-state index contributed by atoms with van der Waals surface area (Å²) in [7, 11) is 0. The van der Waals surface area contributed by atoms with Crippen LogP contribution in [0.4, 0.5) is 5.69 Å². The summed E-state index contributed by atoms with van der Waals surface area (Å²) in [6, 6.07) is 15.0. The van der Waals surface area contributed by atoms with Crippen molar-refractivity contribution in [3.63, 3.8) is 0 Å². The van der Waals surface area contributed by atoms with Crippen LogP contribution in [0.2, 0.25) is 5.02 Å². The van der Waals surface area contributed by atoms with Gasteiger partial charge in [0.2, 0.25) is 11.8 Å². The normalized spacial score (nSPS) is 16.3. The molecule has 7 heteroatoms. The fraction of sp³-hybridized carbons (Fsp3) is 0.227. The van der Waals surface area contributed by atoms with Crippen LogP contribution in [0.25, 0.3) is 11.3 Å². The van der Waals surface area contributed by atoms with E-state index in [4.69, 9.17) is 11.6 Å². The third-order valence-electron chi connectivity index (χ3n) is 4.97. The average molecular weight is 426 g/mol. The van der Waals surface area contributed by atoms with E-state index in [-0.39, 0.29) is 24.2 Å². The summed E-state index contributed by atoms with van der Waals surface area (Å²) in [6.07, 6.45) is 0.215. The second-order valence-electron chi connectivity index (χ2n) is 7.09. The van der Waals surface area contributed by atoms with Gasteiger partial charge >= 0.3 is 0 Å². The van der Waals surface area contributed by atoms with E-state index in [1.165, 1.54) is 0 Å². The summed E-state index contributed by atoms with van der Waals surface area (Å²) in [6.45, 7) is 2.79. The molecule has 5 nitrogen and oxygen atoms in total. The molecule has 0 aliphatic carbocycles. The minimum absolute atomic E-state index is 0.0284. The molecule has 2 aromatic carbocycles. The number of nitrogens with zero attached hydrogens (tertiary/aromatic N) is 2. The van der Waals surface area contributed by atoms with Crippen molar-refractivity contribution in [2.45, 2.75) is 19.9 Å². The number of anilines is 1.